The van der Waals surface area contributed by atoms with Crippen LogP contribution in [-0.2, 0) is 4.79 Å². The third-order valence-corrected chi connectivity index (χ3v) is 3.04. The van der Waals surface area contributed by atoms with Crippen LogP contribution < -0.4 is 11.1 Å². The molecule has 6 heteroatoms. The number of nitrogens with one attached hydrogen (secondary N) is 1. The molecule has 0 bridgehead atoms. The molecule has 0 spiro atoms. The largest absolute Gasteiger partial charge is 0.397 e. The Hall–Kier alpha value is -1.30. The Bertz CT molecular complexity index is 410. The Morgan fingerprint density at radius 2 is 2.35 bits per heavy atom. The first-order valence-corrected chi connectivity index (χ1v) is 6.17. The fourth-order valence-electron chi connectivity index (χ4n) is 1.31. The maximum atomic E-state index is 11.9. The van der Waals surface area contributed by atoms with E-state index in [2.05, 4.69) is 26.2 Å². The smallest absolute Gasteiger partial charge is 0.244 e. The molecule has 0 aliphatic rings. The van der Waals surface area contributed by atoms with Gasteiger partial charge < -0.3 is 16.0 Å². The lowest BCUT2D eigenvalue weighted by atomic mass is 10.3. The van der Waals surface area contributed by atoms with E-state index in [1.807, 2.05) is 6.92 Å². The summed E-state index contributed by atoms with van der Waals surface area (Å²) in [5.74, 6) is 0.641. The molecular weight excluding hydrogens is 284 g/mol. The molecule has 1 unspecified atom stereocenters. The molecule has 0 saturated carbocycles. The number of nitrogens with zero attached hydrogens (tertiary/aromatic N) is 2. The maximum Gasteiger partial charge on any atom is 0.244 e. The number of rotatable bonds is 4. The van der Waals surface area contributed by atoms with E-state index in [0.29, 0.717) is 18.1 Å². The van der Waals surface area contributed by atoms with Gasteiger partial charge in [-0.25, -0.2) is 4.98 Å². The van der Waals surface area contributed by atoms with Gasteiger partial charge in [0.15, 0.2) is 0 Å². The zero-order chi connectivity index (χ0) is 13.0. The van der Waals surface area contributed by atoms with E-state index in [1.165, 1.54) is 0 Å². The van der Waals surface area contributed by atoms with Crippen molar-refractivity contribution >= 4 is 33.3 Å². The number of halogens is 1. The van der Waals surface area contributed by atoms with Crippen molar-refractivity contribution in [1.82, 2.24) is 9.88 Å². The summed E-state index contributed by atoms with van der Waals surface area (Å²) in [4.78, 5) is 17.6. The van der Waals surface area contributed by atoms with Gasteiger partial charge in [0.1, 0.15) is 11.9 Å². The second-order valence-corrected chi connectivity index (χ2v) is 4.67. The molecule has 0 radical (unpaired) electrons. The summed E-state index contributed by atoms with van der Waals surface area (Å²) in [6.45, 7) is 4.42. The summed E-state index contributed by atoms with van der Waals surface area (Å²) in [5.41, 5.74) is 6.17. The second kappa shape index (κ2) is 5.86. The van der Waals surface area contributed by atoms with Crippen LogP contribution >= 0.6 is 15.9 Å². The summed E-state index contributed by atoms with van der Waals surface area (Å²) in [7, 11) is 1.77. The molecule has 0 aromatic carbocycles. The average Bonchev–Trinajstić information content (AvgIpc) is 2.30. The third-order valence-electron chi connectivity index (χ3n) is 2.44. The van der Waals surface area contributed by atoms with Gasteiger partial charge in [-0.2, -0.15) is 0 Å². The van der Waals surface area contributed by atoms with Crippen molar-refractivity contribution in [2.24, 2.45) is 0 Å². The molecule has 1 heterocycles. The fourth-order valence-corrected chi connectivity index (χ4v) is 1.79. The minimum Gasteiger partial charge on any atom is -0.397 e. The molecule has 0 aliphatic heterocycles. The van der Waals surface area contributed by atoms with E-state index < -0.39 is 0 Å². The van der Waals surface area contributed by atoms with Crippen LogP contribution in [0.15, 0.2) is 16.7 Å². The number of amides is 1. The van der Waals surface area contributed by atoms with Crippen LogP contribution in [0.1, 0.15) is 13.8 Å². The van der Waals surface area contributed by atoms with Crippen molar-refractivity contribution in [3.63, 3.8) is 0 Å². The van der Waals surface area contributed by atoms with Crippen molar-refractivity contribution in [3.05, 3.63) is 16.7 Å². The van der Waals surface area contributed by atoms with Gasteiger partial charge in [0, 0.05) is 13.6 Å². The molecule has 1 aromatic rings. The molecule has 17 heavy (non-hydrogen) atoms. The van der Waals surface area contributed by atoms with Crippen LogP contribution in [0.25, 0.3) is 0 Å². The first-order valence-electron chi connectivity index (χ1n) is 5.38. The number of anilines is 2. The lowest BCUT2D eigenvalue weighted by Crippen LogP contribution is -2.39. The van der Waals surface area contributed by atoms with E-state index in [-0.39, 0.29) is 11.9 Å². The molecule has 1 rings (SSSR count). The lowest BCUT2D eigenvalue weighted by Gasteiger charge is -2.21. The van der Waals surface area contributed by atoms with Gasteiger partial charge in [-0.15, -0.1) is 0 Å². The highest BCUT2D eigenvalue weighted by molar-refractivity contribution is 9.10. The molecule has 1 atom stereocenters. The Labute approximate surface area is 110 Å². The Morgan fingerprint density at radius 3 is 2.88 bits per heavy atom. The summed E-state index contributed by atoms with van der Waals surface area (Å²) < 4.78 is 0.747. The number of nitrogen functional groups attached to an aromatic ring is 1. The Morgan fingerprint density at radius 1 is 1.71 bits per heavy atom. The molecule has 5 nitrogen and oxygen atoms in total. The highest BCUT2D eigenvalue weighted by Crippen LogP contribution is 2.22. The predicted octanol–water partition coefficient (Wildman–Crippen LogP) is 1.70. The number of hydrogen-bond donors (Lipinski definition) is 2. The summed E-state index contributed by atoms with van der Waals surface area (Å²) in [5, 5.41) is 3.05. The minimum absolute atomic E-state index is 0.0259. The van der Waals surface area contributed by atoms with Gasteiger partial charge in [-0.3, -0.25) is 4.79 Å². The van der Waals surface area contributed by atoms with Gasteiger partial charge in [0.05, 0.1) is 16.4 Å². The quantitative estimate of drug-likeness (QED) is 0.888. The number of aromatic nitrogens is 1. The van der Waals surface area contributed by atoms with Crippen LogP contribution in [0.3, 0.4) is 0 Å². The van der Waals surface area contributed by atoms with Crippen molar-refractivity contribution in [2.45, 2.75) is 19.9 Å². The number of likely N-dealkylation sites (N-methyl/N-ethyl adjacent to an activating group) is 1. The van der Waals surface area contributed by atoms with Crippen LogP contribution in [0, 0.1) is 0 Å². The highest BCUT2D eigenvalue weighted by Gasteiger charge is 2.17. The average molecular weight is 301 g/mol. The molecule has 1 aromatic heterocycles. The summed E-state index contributed by atoms with van der Waals surface area (Å²) in [6, 6.07) is 1.42. The maximum absolute atomic E-state index is 11.9. The second-order valence-electron chi connectivity index (χ2n) is 3.82. The van der Waals surface area contributed by atoms with Crippen molar-refractivity contribution < 1.29 is 4.79 Å². The summed E-state index contributed by atoms with van der Waals surface area (Å²) >= 11 is 3.35. The number of carbonyl (C=O) groups is 1. The van der Waals surface area contributed by atoms with Gasteiger partial charge >= 0.3 is 0 Å². The molecular formula is C11H17BrN4O. The SMILES string of the molecule is CCN(C)C(=O)C(C)Nc1ncc(N)cc1Br. The molecule has 1 amide bonds. The van der Waals surface area contributed by atoms with Gasteiger partial charge in [-0.05, 0) is 35.8 Å². The standard InChI is InChI=1S/C11H17BrN4O/c1-4-16(3)11(17)7(2)15-10-9(12)5-8(13)6-14-10/h5-7H,4,13H2,1-3H3,(H,14,15). The first kappa shape index (κ1) is 13.8. The Balaban J connectivity index is 2.74. The monoisotopic (exact) mass is 300 g/mol. The predicted molar refractivity (Wildman–Crippen MR) is 72.7 cm³/mol. The van der Waals surface area contributed by atoms with Crippen molar-refractivity contribution in [1.29, 1.82) is 0 Å². The first-order chi connectivity index (χ1) is 7.95. The fraction of sp³-hybridized carbons (Fsp3) is 0.455. The van der Waals surface area contributed by atoms with Gasteiger partial charge in [-0.1, -0.05) is 0 Å². The minimum atomic E-state index is -0.327. The van der Waals surface area contributed by atoms with Gasteiger partial charge in [0.25, 0.3) is 0 Å². The van der Waals surface area contributed by atoms with E-state index in [1.54, 1.807) is 31.1 Å². The molecule has 0 fully saturated rings. The topological polar surface area (TPSA) is 71.2 Å². The van der Waals surface area contributed by atoms with Gasteiger partial charge in [0.2, 0.25) is 5.91 Å². The molecule has 3 N–H and O–H groups in total. The van der Waals surface area contributed by atoms with Crippen molar-refractivity contribution in [2.75, 3.05) is 24.6 Å². The van der Waals surface area contributed by atoms with E-state index in [0.717, 1.165) is 4.47 Å². The third kappa shape index (κ3) is 3.59. The lowest BCUT2D eigenvalue weighted by molar-refractivity contribution is -0.130. The summed E-state index contributed by atoms with van der Waals surface area (Å²) in [6.07, 6.45) is 1.55. The van der Waals surface area contributed by atoms with Crippen LogP contribution in [0.2, 0.25) is 0 Å². The van der Waals surface area contributed by atoms with Crippen LogP contribution in [-0.4, -0.2) is 35.4 Å². The highest BCUT2D eigenvalue weighted by atomic mass is 79.9. The normalized spacial score (nSPS) is 12.0. The van der Waals surface area contributed by atoms with Crippen molar-refractivity contribution in [3.8, 4) is 0 Å². The number of pyridine rings is 1. The van der Waals surface area contributed by atoms with E-state index >= 15 is 0 Å². The van der Waals surface area contributed by atoms with Crippen LogP contribution in [0.4, 0.5) is 11.5 Å². The van der Waals surface area contributed by atoms with E-state index in [4.69, 9.17) is 5.73 Å². The Kier molecular flexibility index (Phi) is 4.74. The number of carbonyl (C=O) groups excluding carboxylic acids is 1. The molecule has 0 aliphatic carbocycles. The zero-order valence-electron chi connectivity index (χ0n) is 10.2. The number of hydrogen-bond acceptors (Lipinski definition) is 4. The zero-order valence-corrected chi connectivity index (χ0v) is 11.8. The van der Waals surface area contributed by atoms with Crippen LogP contribution in [0.5, 0.6) is 0 Å². The molecule has 0 saturated heterocycles. The number of nitrogens with two attached hydrogens (primary N) is 1. The van der Waals surface area contributed by atoms with E-state index in [9.17, 15) is 4.79 Å². The molecule has 94 valence electrons.